The van der Waals surface area contributed by atoms with E-state index in [4.69, 9.17) is 0 Å². The van der Waals surface area contributed by atoms with Gasteiger partial charge >= 0.3 is 0 Å². The van der Waals surface area contributed by atoms with E-state index in [1.165, 1.54) is 12.8 Å². The molecule has 17 heavy (non-hydrogen) atoms. The first-order chi connectivity index (χ1) is 8.17. The molecule has 1 amide bonds. The van der Waals surface area contributed by atoms with Crippen LogP contribution in [0.5, 0.6) is 0 Å². The molecule has 1 aromatic rings. The molecule has 0 aromatic carbocycles. The zero-order chi connectivity index (χ0) is 12.4. The van der Waals surface area contributed by atoms with Crippen LogP contribution in [0.1, 0.15) is 49.6 Å². The number of aromatic nitrogens is 1. The number of carbonyl (C=O) groups excluding carboxylic acids is 1. The Morgan fingerprint density at radius 1 is 1.53 bits per heavy atom. The number of halogens is 1. The van der Waals surface area contributed by atoms with Crippen molar-refractivity contribution in [2.75, 3.05) is 13.1 Å². The maximum absolute atomic E-state index is 12.4. The fourth-order valence-corrected chi connectivity index (χ4v) is 2.54. The Morgan fingerprint density at radius 2 is 2.24 bits per heavy atom. The first kappa shape index (κ1) is 12.7. The van der Waals surface area contributed by atoms with Gasteiger partial charge in [-0.2, -0.15) is 0 Å². The largest absolute Gasteiger partial charge is 0.339 e. The lowest BCUT2D eigenvalue weighted by atomic mass is 10.3. The SMILES string of the molecule is CCCN(CC)C(=O)c1cc(Br)cn1C1CC1. The van der Waals surface area contributed by atoms with Crippen LogP contribution in [0.2, 0.25) is 0 Å². The summed E-state index contributed by atoms with van der Waals surface area (Å²) in [6.07, 6.45) is 5.43. The lowest BCUT2D eigenvalue weighted by Crippen LogP contribution is -2.32. The molecule has 0 bridgehead atoms. The van der Waals surface area contributed by atoms with Crippen molar-refractivity contribution in [1.29, 1.82) is 0 Å². The minimum atomic E-state index is 0.159. The standard InChI is InChI=1S/C13H19BrN2O/c1-3-7-15(4-2)13(17)12-8-10(14)9-16(12)11-5-6-11/h8-9,11H,3-7H2,1-2H3. The summed E-state index contributed by atoms with van der Waals surface area (Å²) in [7, 11) is 0. The number of amides is 1. The number of hydrogen-bond donors (Lipinski definition) is 0. The topological polar surface area (TPSA) is 25.2 Å². The fourth-order valence-electron chi connectivity index (χ4n) is 2.11. The van der Waals surface area contributed by atoms with Gasteiger partial charge in [-0.15, -0.1) is 0 Å². The highest BCUT2D eigenvalue weighted by molar-refractivity contribution is 9.10. The molecule has 3 nitrogen and oxygen atoms in total. The molecule has 0 N–H and O–H groups in total. The third-order valence-corrected chi connectivity index (χ3v) is 3.57. The van der Waals surface area contributed by atoms with Gasteiger partial charge in [0.2, 0.25) is 0 Å². The summed E-state index contributed by atoms with van der Waals surface area (Å²) < 4.78 is 3.13. The molecule has 1 aromatic heterocycles. The quantitative estimate of drug-likeness (QED) is 0.817. The Labute approximate surface area is 111 Å². The Kier molecular flexibility index (Phi) is 3.92. The van der Waals surface area contributed by atoms with E-state index in [-0.39, 0.29) is 5.91 Å². The van der Waals surface area contributed by atoms with E-state index in [2.05, 4.69) is 27.4 Å². The van der Waals surface area contributed by atoms with E-state index < -0.39 is 0 Å². The van der Waals surface area contributed by atoms with Gasteiger partial charge in [-0.1, -0.05) is 6.92 Å². The van der Waals surface area contributed by atoms with E-state index in [1.54, 1.807) is 0 Å². The van der Waals surface area contributed by atoms with E-state index in [0.29, 0.717) is 6.04 Å². The predicted molar refractivity (Wildman–Crippen MR) is 72.3 cm³/mol. The van der Waals surface area contributed by atoms with Gasteiger partial charge in [0.25, 0.3) is 5.91 Å². The number of rotatable bonds is 5. The van der Waals surface area contributed by atoms with Gasteiger partial charge in [0.1, 0.15) is 5.69 Å². The molecule has 2 rings (SSSR count). The van der Waals surface area contributed by atoms with Crippen molar-refractivity contribution in [1.82, 2.24) is 9.47 Å². The maximum Gasteiger partial charge on any atom is 0.270 e. The van der Waals surface area contributed by atoms with E-state index >= 15 is 0 Å². The zero-order valence-electron chi connectivity index (χ0n) is 10.4. The fraction of sp³-hybridized carbons (Fsp3) is 0.615. The van der Waals surface area contributed by atoms with Gasteiger partial charge < -0.3 is 9.47 Å². The van der Waals surface area contributed by atoms with Crippen molar-refractivity contribution < 1.29 is 4.79 Å². The first-order valence-corrected chi connectivity index (χ1v) is 7.13. The van der Waals surface area contributed by atoms with E-state index in [1.807, 2.05) is 24.1 Å². The summed E-state index contributed by atoms with van der Waals surface area (Å²) in [5.74, 6) is 0.159. The monoisotopic (exact) mass is 298 g/mol. The van der Waals surface area contributed by atoms with Gasteiger partial charge in [-0.05, 0) is 48.2 Å². The van der Waals surface area contributed by atoms with Crippen molar-refractivity contribution in [2.45, 2.75) is 39.2 Å². The Balaban J connectivity index is 2.22. The second-order valence-electron chi connectivity index (χ2n) is 4.57. The first-order valence-electron chi connectivity index (χ1n) is 6.34. The smallest absolute Gasteiger partial charge is 0.270 e. The minimum absolute atomic E-state index is 0.159. The molecule has 1 heterocycles. The van der Waals surface area contributed by atoms with Gasteiger partial charge in [0.05, 0.1) is 0 Å². The molecule has 0 unspecified atom stereocenters. The summed E-state index contributed by atoms with van der Waals surface area (Å²) in [4.78, 5) is 14.3. The van der Waals surface area contributed by atoms with Crippen LogP contribution >= 0.6 is 15.9 Å². The van der Waals surface area contributed by atoms with Crippen molar-refractivity contribution in [3.8, 4) is 0 Å². The predicted octanol–water partition coefficient (Wildman–Crippen LogP) is 3.46. The van der Waals surface area contributed by atoms with Crippen molar-refractivity contribution in [2.24, 2.45) is 0 Å². The highest BCUT2D eigenvalue weighted by Gasteiger charge is 2.28. The van der Waals surface area contributed by atoms with E-state index in [9.17, 15) is 4.79 Å². The van der Waals surface area contributed by atoms with Gasteiger partial charge in [0, 0.05) is 29.8 Å². The highest BCUT2D eigenvalue weighted by Crippen LogP contribution is 2.37. The number of carbonyl (C=O) groups is 1. The number of nitrogens with zero attached hydrogens (tertiary/aromatic N) is 2. The van der Waals surface area contributed by atoms with Crippen molar-refractivity contribution >= 4 is 21.8 Å². The van der Waals surface area contributed by atoms with Crippen LogP contribution in [-0.4, -0.2) is 28.5 Å². The number of hydrogen-bond acceptors (Lipinski definition) is 1. The molecule has 1 fully saturated rings. The molecule has 4 heteroatoms. The molecule has 1 aliphatic carbocycles. The maximum atomic E-state index is 12.4. The lowest BCUT2D eigenvalue weighted by Gasteiger charge is -2.20. The summed E-state index contributed by atoms with van der Waals surface area (Å²) >= 11 is 3.47. The van der Waals surface area contributed by atoms with Gasteiger partial charge in [-0.25, -0.2) is 0 Å². The summed E-state index contributed by atoms with van der Waals surface area (Å²) in [6, 6.07) is 2.49. The molecule has 0 aliphatic heterocycles. The third kappa shape index (κ3) is 2.73. The van der Waals surface area contributed by atoms with Crippen LogP contribution in [0.25, 0.3) is 0 Å². The van der Waals surface area contributed by atoms with E-state index in [0.717, 1.165) is 29.7 Å². The lowest BCUT2D eigenvalue weighted by molar-refractivity contribution is 0.0753. The van der Waals surface area contributed by atoms with Crippen LogP contribution in [0.4, 0.5) is 0 Å². The summed E-state index contributed by atoms with van der Waals surface area (Å²) in [5, 5.41) is 0. The summed E-state index contributed by atoms with van der Waals surface area (Å²) in [5.41, 5.74) is 0.828. The Hall–Kier alpha value is -0.770. The molecule has 0 spiro atoms. The summed E-state index contributed by atoms with van der Waals surface area (Å²) in [6.45, 7) is 5.75. The Morgan fingerprint density at radius 3 is 2.76 bits per heavy atom. The molecular weight excluding hydrogens is 280 g/mol. The van der Waals surface area contributed by atoms with Gasteiger partial charge in [0.15, 0.2) is 0 Å². The van der Waals surface area contributed by atoms with Crippen LogP contribution < -0.4 is 0 Å². The molecule has 94 valence electrons. The second-order valence-corrected chi connectivity index (χ2v) is 5.48. The van der Waals surface area contributed by atoms with Gasteiger partial charge in [-0.3, -0.25) is 4.79 Å². The second kappa shape index (κ2) is 5.25. The molecular formula is C13H19BrN2O. The molecule has 1 aliphatic rings. The van der Waals surface area contributed by atoms with Crippen molar-refractivity contribution in [3.63, 3.8) is 0 Å². The molecule has 0 saturated heterocycles. The van der Waals surface area contributed by atoms with Crippen LogP contribution in [0.15, 0.2) is 16.7 Å². The average Bonchev–Trinajstić information content (AvgIpc) is 3.08. The zero-order valence-corrected chi connectivity index (χ0v) is 12.0. The van der Waals surface area contributed by atoms with Crippen LogP contribution in [0.3, 0.4) is 0 Å². The molecule has 0 atom stereocenters. The molecule has 0 radical (unpaired) electrons. The van der Waals surface area contributed by atoms with Crippen LogP contribution in [-0.2, 0) is 0 Å². The molecule has 1 saturated carbocycles. The third-order valence-electron chi connectivity index (χ3n) is 3.14. The van der Waals surface area contributed by atoms with Crippen molar-refractivity contribution in [3.05, 3.63) is 22.4 Å². The average molecular weight is 299 g/mol. The normalized spacial score (nSPS) is 15.0. The Bertz CT molecular complexity index is 410. The van der Waals surface area contributed by atoms with Crippen LogP contribution in [0, 0.1) is 0 Å². The highest BCUT2D eigenvalue weighted by atomic mass is 79.9. The minimum Gasteiger partial charge on any atom is -0.339 e.